The quantitative estimate of drug-likeness (QED) is 0.653. The number of aromatic nitrogens is 1. The van der Waals surface area contributed by atoms with Gasteiger partial charge in [0.15, 0.2) is 0 Å². The molecule has 2 heterocycles. The van der Waals surface area contributed by atoms with E-state index in [1.165, 1.54) is 15.2 Å². The third-order valence-corrected chi connectivity index (χ3v) is 3.91. The zero-order valence-electron chi connectivity index (χ0n) is 6.86. The molecule has 0 amide bonds. The van der Waals surface area contributed by atoms with Gasteiger partial charge in [-0.2, -0.15) is 0 Å². The van der Waals surface area contributed by atoms with Gasteiger partial charge in [0, 0.05) is 10.6 Å². The molecule has 0 bridgehead atoms. The molecule has 1 aliphatic heterocycles. The number of nitrogens with zero attached hydrogens (tertiary/aromatic N) is 1. The SMILES string of the molecule is C1=Cc2cc3scnc3cc2SC1. The van der Waals surface area contributed by atoms with E-state index >= 15 is 0 Å². The normalized spacial score (nSPS) is 14.8. The van der Waals surface area contributed by atoms with Gasteiger partial charge in [-0.15, -0.1) is 23.1 Å². The van der Waals surface area contributed by atoms with Crippen molar-refractivity contribution in [1.82, 2.24) is 4.98 Å². The average molecular weight is 205 g/mol. The molecule has 0 atom stereocenters. The summed E-state index contributed by atoms with van der Waals surface area (Å²) in [5, 5.41) is 0. The monoisotopic (exact) mass is 205 g/mol. The number of rotatable bonds is 0. The summed E-state index contributed by atoms with van der Waals surface area (Å²) in [6, 6.07) is 4.42. The second kappa shape index (κ2) is 2.86. The molecule has 3 heteroatoms. The minimum absolute atomic E-state index is 1.09. The molecule has 0 saturated heterocycles. The maximum atomic E-state index is 4.31. The van der Waals surface area contributed by atoms with E-state index in [0.717, 1.165) is 11.3 Å². The zero-order valence-corrected chi connectivity index (χ0v) is 8.49. The lowest BCUT2D eigenvalue weighted by molar-refractivity contribution is 1.40. The number of fused-ring (bicyclic) bond motifs is 2. The Balaban J connectivity index is 2.36. The summed E-state index contributed by atoms with van der Waals surface area (Å²) in [5.74, 6) is 1.09. The molecule has 0 radical (unpaired) electrons. The first kappa shape index (κ1) is 7.59. The van der Waals surface area contributed by atoms with Gasteiger partial charge < -0.3 is 0 Å². The number of benzene rings is 1. The van der Waals surface area contributed by atoms with Crippen LogP contribution in [0.5, 0.6) is 0 Å². The largest absolute Gasteiger partial charge is 0.245 e. The van der Waals surface area contributed by atoms with E-state index in [9.17, 15) is 0 Å². The Labute approximate surface area is 84.5 Å². The maximum absolute atomic E-state index is 4.31. The Hall–Kier alpha value is -0.800. The molecule has 1 nitrogen and oxygen atoms in total. The summed E-state index contributed by atoms with van der Waals surface area (Å²) < 4.78 is 1.28. The van der Waals surface area contributed by atoms with Crippen LogP contribution in [0.25, 0.3) is 16.3 Å². The van der Waals surface area contributed by atoms with Gasteiger partial charge in [0.1, 0.15) is 0 Å². The van der Waals surface area contributed by atoms with Gasteiger partial charge in [-0.25, -0.2) is 4.98 Å². The minimum Gasteiger partial charge on any atom is -0.245 e. The van der Waals surface area contributed by atoms with Gasteiger partial charge in [0.05, 0.1) is 15.7 Å². The third-order valence-electron chi connectivity index (χ3n) is 2.10. The van der Waals surface area contributed by atoms with E-state index < -0.39 is 0 Å². The van der Waals surface area contributed by atoms with Crippen molar-refractivity contribution in [3.8, 4) is 0 Å². The van der Waals surface area contributed by atoms with Gasteiger partial charge in [-0.3, -0.25) is 0 Å². The highest BCUT2D eigenvalue weighted by Gasteiger charge is 2.07. The fourth-order valence-electron chi connectivity index (χ4n) is 1.47. The predicted octanol–water partition coefficient (Wildman–Crippen LogP) is 3.42. The second-order valence-electron chi connectivity index (χ2n) is 2.92. The molecule has 1 aromatic heterocycles. The molecule has 1 aromatic carbocycles. The van der Waals surface area contributed by atoms with Crippen molar-refractivity contribution in [3.63, 3.8) is 0 Å². The van der Waals surface area contributed by atoms with Crippen LogP contribution in [0.15, 0.2) is 28.6 Å². The van der Waals surface area contributed by atoms with Crippen molar-refractivity contribution in [2.24, 2.45) is 0 Å². The van der Waals surface area contributed by atoms with Gasteiger partial charge in [0.25, 0.3) is 0 Å². The summed E-state index contributed by atoms with van der Waals surface area (Å²) in [6.45, 7) is 0. The van der Waals surface area contributed by atoms with Crippen LogP contribution in [0.4, 0.5) is 0 Å². The van der Waals surface area contributed by atoms with Gasteiger partial charge in [-0.1, -0.05) is 12.2 Å². The molecule has 13 heavy (non-hydrogen) atoms. The standard InChI is InChI=1S/C10H7NS2/c1-2-7-4-10-8(11-6-13-10)5-9(7)12-3-1/h1-2,4-6H,3H2. The van der Waals surface area contributed by atoms with Gasteiger partial charge in [-0.05, 0) is 17.7 Å². The Morgan fingerprint density at radius 1 is 1.31 bits per heavy atom. The second-order valence-corrected chi connectivity index (χ2v) is 4.87. The van der Waals surface area contributed by atoms with Crippen molar-refractivity contribution in [2.45, 2.75) is 4.90 Å². The highest BCUT2D eigenvalue weighted by molar-refractivity contribution is 7.99. The first-order valence-corrected chi connectivity index (χ1v) is 5.96. The van der Waals surface area contributed by atoms with E-state index in [1.807, 2.05) is 17.3 Å². The molecule has 0 saturated carbocycles. The van der Waals surface area contributed by atoms with E-state index in [4.69, 9.17) is 0 Å². The topological polar surface area (TPSA) is 12.9 Å². The maximum Gasteiger partial charge on any atom is 0.0823 e. The summed E-state index contributed by atoms with van der Waals surface area (Å²) in [4.78, 5) is 5.67. The number of thiazole rings is 1. The van der Waals surface area contributed by atoms with Crippen LogP contribution in [0.1, 0.15) is 5.56 Å². The molecule has 0 unspecified atom stereocenters. The van der Waals surface area contributed by atoms with Crippen LogP contribution < -0.4 is 0 Å². The van der Waals surface area contributed by atoms with Crippen molar-refractivity contribution in [2.75, 3.05) is 5.75 Å². The lowest BCUT2D eigenvalue weighted by atomic mass is 10.2. The van der Waals surface area contributed by atoms with Crippen LogP contribution in [-0.2, 0) is 0 Å². The van der Waals surface area contributed by atoms with E-state index in [1.54, 1.807) is 11.3 Å². The van der Waals surface area contributed by atoms with Crippen molar-refractivity contribution >= 4 is 39.4 Å². The lowest BCUT2D eigenvalue weighted by Gasteiger charge is -2.08. The van der Waals surface area contributed by atoms with Crippen molar-refractivity contribution < 1.29 is 0 Å². The summed E-state index contributed by atoms with van der Waals surface area (Å²) in [6.07, 6.45) is 4.41. The number of hydrogen-bond acceptors (Lipinski definition) is 3. The van der Waals surface area contributed by atoms with Crippen LogP contribution in [-0.4, -0.2) is 10.7 Å². The van der Waals surface area contributed by atoms with Gasteiger partial charge in [0.2, 0.25) is 0 Å². The average Bonchev–Trinajstić information content (AvgIpc) is 2.61. The first-order chi connectivity index (χ1) is 6.43. The Morgan fingerprint density at radius 2 is 2.31 bits per heavy atom. The summed E-state index contributed by atoms with van der Waals surface area (Å²) >= 11 is 3.59. The summed E-state index contributed by atoms with van der Waals surface area (Å²) in [7, 11) is 0. The summed E-state index contributed by atoms with van der Waals surface area (Å²) in [5.41, 5.74) is 4.38. The molecular weight excluding hydrogens is 198 g/mol. The molecule has 0 spiro atoms. The number of hydrogen-bond donors (Lipinski definition) is 0. The molecule has 0 aliphatic carbocycles. The van der Waals surface area contributed by atoms with Crippen LogP contribution in [0, 0.1) is 0 Å². The molecule has 0 fully saturated rings. The molecule has 64 valence electrons. The predicted molar refractivity (Wildman–Crippen MR) is 59.4 cm³/mol. The van der Waals surface area contributed by atoms with Crippen LogP contribution in [0.3, 0.4) is 0 Å². The molecule has 2 aromatic rings. The molecule has 3 rings (SSSR count). The number of thioether (sulfide) groups is 1. The Kier molecular flexibility index (Phi) is 1.67. The lowest BCUT2D eigenvalue weighted by Crippen LogP contribution is -1.86. The van der Waals surface area contributed by atoms with Crippen LogP contribution >= 0.6 is 23.1 Å². The van der Waals surface area contributed by atoms with Crippen LogP contribution in [0.2, 0.25) is 0 Å². The molecular formula is C10H7NS2. The highest BCUT2D eigenvalue weighted by Crippen LogP contribution is 2.32. The Bertz CT molecular complexity index is 485. The zero-order chi connectivity index (χ0) is 8.67. The molecule has 1 aliphatic rings. The van der Waals surface area contributed by atoms with E-state index in [2.05, 4.69) is 29.3 Å². The van der Waals surface area contributed by atoms with E-state index in [-0.39, 0.29) is 0 Å². The van der Waals surface area contributed by atoms with Crippen molar-refractivity contribution in [3.05, 3.63) is 29.3 Å². The smallest absolute Gasteiger partial charge is 0.0823 e. The fraction of sp³-hybridized carbons (Fsp3) is 0.100. The fourth-order valence-corrected chi connectivity index (χ4v) is 3.04. The van der Waals surface area contributed by atoms with E-state index in [0.29, 0.717) is 0 Å². The molecule has 0 N–H and O–H groups in total. The Morgan fingerprint density at radius 3 is 3.31 bits per heavy atom. The van der Waals surface area contributed by atoms with Crippen molar-refractivity contribution in [1.29, 1.82) is 0 Å². The van der Waals surface area contributed by atoms with Gasteiger partial charge >= 0.3 is 0 Å². The first-order valence-electron chi connectivity index (χ1n) is 4.10. The highest BCUT2D eigenvalue weighted by atomic mass is 32.2. The third kappa shape index (κ3) is 1.19. The minimum atomic E-state index is 1.09.